The van der Waals surface area contributed by atoms with Gasteiger partial charge < -0.3 is 20.5 Å². The van der Waals surface area contributed by atoms with E-state index < -0.39 is 0 Å². The molecule has 1 saturated carbocycles. The molecule has 2 aliphatic rings. The number of hydrogen-bond acceptors (Lipinski definition) is 3. The maximum Gasteiger partial charge on any atom is 0.189 e. The molecule has 0 atom stereocenters. The molecule has 0 spiro atoms. The van der Waals surface area contributed by atoms with E-state index in [1.807, 2.05) is 12.1 Å². The largest absolute Gasteiger partial charge is 0.489 e. The minimum Gasteiger partial charge on any atom is -0.489 e. The fourth-order valence-electron chi connectivity index (χ4n) is 3.05. The van der Waals surface area contributed by atoms with Gasteiger partial charge in [0.2, 0.25) is 0 Å². The Morgan fingerprint density at radius 2 is 1.96 bits per heavy atom. The quantitative estimate of drug-likeness (QED) is 0.656. The number of ether oxygens (including phenoxy) is 2. The van der Waals surface area contributed by atoms with Gasteiger partial charge >= 0.3 is 0 Å². The third-order valence-electron chi connectivity index (χ3n) is 4.25. The van der Waals surface area contributed by atoms with Crippen LogP contribution >= 0.6 is 11.6 Å². The number of aliphatic imine (C=N–C) groups is 1. The second kappa shape index (κ2) is 7.77. The first kappa shape index (κ1) is 16.2. The number of hydrogen-bond donors (Lipinski definition) is 2. The smallest absolute Gasteiger partial charge is 0.189 e. The lowest BCUT2D eigenvalue weighted by Crippen LogP contribution is -2.41. The highest BCUT2D eigenvalue weighted by Crippen LogP contribution is 2.38. The Morgan fingerprint density at radius 1 is 1.17 bits per heavy atom. The predicted molar refractivity (Wildman–Crippen MR) is 92.4 cm³/mol. The highest BCUT2D eigenvalue weighted by atomic mass is 35.5. The lowest BCUT2D eigenvalue weighted by Gasteiger charge is -2.23. The van der Waals surface area contributed by atoms with Crippen LogP contribution in [0.15, 0.2) is 17.1 Å². The Balaban J connectivity index is 1.64. The zero-order valence-corrected chi connectivity index (χ0v) is 14.1. The zero-order valence-electron chi connectivity index (χ0n) is 13.3. The molecule has 3 rings (SSSR count). The molecular weight excluding hydrogens is 314 g/mol. The van der Waals surface area contributed by atoms with Crippen molar-refractivity contribution in [3.05, 3.63) is 22.7 Å². The van der Waals surface area contributed by atoms with Gasteiger partial charge in [0.15, 0.2) is 17.5 Å². The van der Waals surface area contributed by atoms with Crippen molar-refractivity contribution in [3.8, 4) is 11.5 Å². The average Bonchev–Trinajstić information content (AvgIpc) is 2.80. The average molecular weight is 338 g/mol. The molecule has 1 aliphatic heterocycles. The van der Waals surface area contributed by atoms with Crippen molar-refractivity contribution in [2.24, 2.45) is 10.7 Å². The molecule has 0 bridgehead atoms. The summed E-state index contributed by atoms with van der Waals surface area (Å²) in [5.41, 5.74) is 6.97. The molecule has 1 aromatic carbocycles. The summed E-state index contributed by atoms with van der Waals surface area (Å²) in [6, 6.07) is 4.26. The van der Waals surface area contributed by atoms with Crippen LogP contribution in [-0.4, -0.2) is 25.2 Å². The number of benzene rings is 1. The number of nitrogens with one attached hydrogen (secondary N) is 1. The minimum absolute atomic E-state index is 0.458. The van der Waals surface area contributed by atoms with E-state index in [9.17, 15) is 0 Å². The molecule has 0 saturated heterocycles. The van der Waals surface area contributed by atoms with Crippen molar-refractivity contribution in [1.82, 2.24) is 5.32 Å². The normalized spacial score (nSPS) is 19.3. The van der Waals surface area contributed by atoms with Crippen LogP contribution in [0.1, 0.15) is 44.1 Å². The number of nitrogens with two attached hydrogens (primary N) is 1. The summed E-state index contributed by atoms with van der Waals surface area (Å²) in [5.74, 6) is 1.82. The Bertz CT molecular complexity index is 571. The van der Waals surface area contributed by atoms with Crippen molar-refractivity contribution in [2.45, 2.75) is 51.1 Å². The first-order chi connectivity index (χ1) is 11.2. The summed E-state index contributed by atoms with van der Waals surface area (Å²) in [4.78, 5) is 4.43. The van der Waals surface area contributed by atoms with E-state index in [4.69, 9.17) is 26.8 Å². The van der Waals surface area contributed by atoms with Gasteiger partial charge in [0.25, 0.3) is 0 Å². The van der Waals surface area contributed by atoms with Crippen LogP contribution in [0.2, 0.25) is 5.02 Å². The maximum atomic E-state index is 6.29. The van der Waals surface area contributed by atoms with Gasteiger partial charge in [-0.05, 0) is 30.5 Å². The molecule has 0 aromatic heterocycles. The van der Waals surface area contributed by atoms with Crippen molar-refractivity contribution < 1.29 is 9.47 Å². The maximum absolute atomic E-state index is 6.29. The summed E-state index contributed by atoms with van der Waals surface area (Å²) >= 11 is 6.29. The van der Waals surface area contributed by atoms with Crippen LogP contribution in [0, 0.1) is 0 Å². The summed E-state index contributed by atoms with van der Waals surface area (Å²) in [7, 11) is 0. The number of fused-ring (bicyclic) bond motifs is 1. The van der Waals surface area contributed by atoms with Crippen LogP contribution < -0.4 is 20.5 Å². The van der Waals surface area contributed by atoms with Gasteiger partial charge in [0.1, 0.15) is 0 Å². The van der Waals surface area contributed by atoms with Crippen LogP contribution in [0.4, 0.5) is 0 Å². The molecule has 0 unspecified atom stereocenters. The predicted octanol–water partition coefficient (Wildman–Crippen LogP) is 3.24. The summed E-state index contributed by atoms with van der Waals surface area (Å²) < 4.78 is 11.3. The fraction of sp³-hybridized carbons (Fsp3) is 0.588. The third kappa shape index (κ3) is 4.44. The monoisotopic (exact) mass is 337 g/mol. The lowest BCUT2D eigenvalue weighted by atomic mass is 9.96. The Labute approximate surface area is 142 Å². The van der Waals surface area contributed by atoms with Gasteiger partial charge in [-0.1, -0.05) is 30.9 Å². The van der Waals surface area contributed by atoms with E-state index in [0.717, 1.165) is 12.0 Å². The van der Waals surface area contributed by atoms with Gasteiger partial charge in [0.05, 0.1) is 24.8 Å². The summed E-state index contributed by atoms with van der Waals surface area (Å²) in [6.45, 7) is 1.74. The second-order valence-electron chi connectivity index (χ2n) is 6.14. The summed E-state index contributed by atoms with van der Waals surface area (Å²) in [6.07, 6.45) is 7.06. The molecule has 1 aromatic rings. The second-order valence-corrected chi connectivity index (χ2v) is 6.54. The molecule has 126 valence electrons. The van der Waals surface area contributed by atoms with Crippen LogP contribution in [0.3, 0.4) is 0 Å². The Morgan fingerprint density at radius 3 is 2.78 bits per heavy atom. The molecule has 6 heteroatoms. The molecule has 5 nitrogen and oxygen atoms in total. The first-order valence-electron chi connectivity index (χ1n) is 8.37. The summed E-state index contributed by atoms with van der Waals surface area (Å²) in [5, 5.41) is 3.88. The minimum atomic E-state index is 0.458. The molecule has 23 heavy (non-hydrogen) atoms. The molecule has 1 heterocycles. The van der Waals surface area contributed by atoms with Crippen molar-refractivity contribution in [1.29, 1.82) is 0 Å². The van der Waals surface area contributed by atoms with Crippen LogP contribution in [0.5, 0.6) is 11.5 Å². The van der Waals surface area contributed by atoms with Crippen molar-refractivity contribution >= 4 is 17.6 Å². The van der Waals surface area contributed by atoms with E-state index in [-0.39, 0.29) is 0 Å². The standard InChI is InChI=1S/C17H24ClN3O2/c18-14-9-12(10-15-16(14)23-8-4-7-22-15)11-20-17(19)21-13-5-2-1-3-6-13/h9-10,13H,1-8,11H2,(H3,19,20,21). The fourth-order valence-corrected chi connectivity index (χ4v) is 3.34. The van der Waals surface area contributed by atoms with E-state index in [1.165, 1.54) is 32.1 Å². The molecule has 1 fully saturated rings. The van der Waals surface area contributed by atoms with Gasteiger partial charge in [0, 0.05) is 12.5 Å². The van der Waals surface area contributed by atoms with Gasteiger partial charge in [-0.25, -0.2) is 4.99 Å². The molecule has 3 N–H and O–H groups in total. The highest BCUT2D eigenvalue weighted by molar-refractivity contribution is 6.32. The molecule has 0 radical (unpaired) electrons. The molecule has 1 aliphatic carbocycles. The zero-order chi connectivity index (χ0) is 16.1. The molecule has 0 amide bonds. The van der Waals surface area contributed by atoms with Gasteiger partial charge in [-0.3, -0.25) is 0 Å². The van der Waals surface area contributed by atoms with E-state index >= 15 is 0 Å². The third-order valence-corrected chi connectivity index (χ3v) is 4.53. The number of halogens is 1. The SMILES string of the molecule is NC(=NCc1cc(Cl)c2c(c1)OCCCO2)NC1CCCCC1. The molecular formula is C17H24ClN3O2. The van der Waals surface area contributed by atoms with E-state index in [1.54, 1.807) is 0 Å². The van der Waals surface area contributed by atoms with Crippen LogP contribution in [0.25, 0.3) is 0 Å². The Hall–Kier alpha value is -1.62. The van der Waals surface area contributed by atoms with Gasteiger partial charge in [-0.2, -0.15) is 0 Å². The highest BCUT2D eigenvalue weighted by Gasteiger charge is 2.16. The van der Waals surface area contributed by atoms with Gasteiger partial charge in [-0.15, -0.1) is 0 Å². The number of rotatable bonds is 3. The van der Waals surface area contributed by atoms with E-state index in [0.29, 0.717) is 48.3 Å². The van der Waals surface area contributed by atoms with E-state index in [2.05, 4.69) is 10.3 Å². The van der Waals surface area contributed by atoms with Crippen molar-refractivity contribution in [3.63, 3.8) is 0 Å². The lowest BCUT2D eigenvalue weighted by molar-refractivity contribution is 0.297. The Kier molecular flexibility index (Phi) is 5.49. The topological polar surface area (TPSA) is 68.9 Å². The number of nitrogens with zero attached hydrogens (tertiary/aromatic N) is 1. The van der Waals surface area contributed by atoms with Crippen LogP contribution in [-0.2, 0) is 6.54 Å². The first-order valence-corrected chi connectivity index (χ1v) is 8.74. The van der Waals surface area contributed by atoms with Crippen molar-refractivity contribution in [2.75, 3.05) is 13.2 Å². The number of guanidine groups is 1.